The molecule has 2 heteroatoms. The maximum Gasteiger partial charge on any atom is 0.0468 e. The van der Waals surface area contributed by atoms with Crippen molar-refractivity contribution >= 4 is 55.7 Å². The first-order chi connectivity index (χ1) is 31.2. The van der Waals surface area contributed by atoms with Crippen molar-refractivity contribution < 1.29 is 0 Å². The van der Waals surface area contributed by atoms with Crippen LogP contribution in [-0.4, -0.2) is 0 Å². The Kier molecular flexibility index (Phi) is 8.58. The number of hydrogen-bond acceptors (Lipinski definition) is 2. The highest BCUT2D eigenvalue weighted by Crippen LogP contribution is 2.52. The van der Waals surface area contributed by atoms with Gasteiger partial charge in [0.1, 0.15) is 0 Å². The van der Waals surface area contributed by atoms with Crippen molar-refractivity contribution in [2.75, 3.05) is 9.80 Å². The molecule has 10 aromatic rings. The van der Waals surface area contributed by atoms with E-state index in [0.29, 0.717) is 0 Å². The monoisotopic (exact) mass is 820 g/mol. The van der Waals surface area contributed by atoms with Gasteiger partial charge in [-0.25, -0.2) is 0 Å². The molecule has 64 heavy (non-hydrogen) atoms. The largest absolute Gasteiger partial charge is 0.310 e. The molecule has 2 aliphatic carbocycles. The fourth-order valence-corrected chi connectivity index (χ4v) is 10.8. The molecule has 0 saturated heterocycles. The minimum Gasteiger partial charge on any atom is -0.310 e. The van der Waals surface area contributed by atoms with Crippen LogP contribution in [0, 0.1) is 0 Å². The zero-order valence-electron chi connectivity index (χ0n) is 36.7. The Labute approximate surface area is 376 Å². The summed E-state index contributed by atoms with van der Waals surface area (Å²) in [6.45, 7) is 9.41. The Hall–Kier alpha value is -7.68. The highest BCUT2D eigenvalue weighted by atomic mass is 15.1. The summed E-state index contributed by atoms with van der Waals surface area (Å²) in [5.74, 6) is 0. The standard InChI is InChI=1S/C62H48N2/c1-61(2)57-21-13-11-19-53(57)55-33-31-51(39-59(55)61)63(47-15-7-5-8-16-47)49-29-27-43-35-41(23-25-45(43)37-49)42-24-26-46-38-50(30-28-44(46)36-42)64(48-17-9-6-10-18-48)52-32-34-56-54-20-12-14-22-58(54)62(3,4)60(56)40-52/h5-40H,1-4H3. The molecule has 0 amide bonds. The van der Waals surface area contributed by atoms with Gasteiger partial charge in [0.25, 0.3) is 0 Å². The fraction of sp³-hybridized carbons (Fsp3) is 0.0968. The molecule has 0 saturated carbocycles. The number of rotatable bonds is 7. The maximum atomic E-state index is 2.41. The van der Waals surface area contributed by atoms with Gasteiger partial charge in [-0.1, -0.05) is 161 Å². The number of fused-ring (bicyclic) bond motifs is 8. The van der Waals surface area contributed by atoms with Crippen LogP contribution in [0.5, 0.6) is 0 Å². The van der Waals surface area contributed by atoms with Gasteiger partial charge in [0, 0.05) is 45.0 Å². The Bertz CT molecular complexity index is 3220. The van der Waals surface area contributed by atoms with E-state index in [2.05, 4.69) is 256 Å². The van der Waals surface area contributed by atoms with Gasteiger partial charge >= 0.3 is 0 Å². The van der Waals surface area contributed by atoms with E-state index >= 15 is 0 Å². The van der Waals surface area contributed by atoms with E-state index in [4.69, 9.17) is 0 Å². The SMILES string of the molecule is CC1(C)c2ccccc2-c2ccc(N(c3ccccc3)c3ccc4cc(-c5ccc6cc(N(c7ccccc7)c7ccc8c(c7)C(C)(C)c7ccccc7-8)ccc6c5)ccc4c3)cc21. The molecule has 306 valence electrons. The minimum atomic E-state index is -0.0776. The van der Waals surface area contributed by atoms with Crippen LogP contribution in [0.4, 0.5) is 34.1 Å². The van der Waals surface area contributed by atoms with Crippen molar-refractivity contribution in [3.05, 3.63) is 241 Å². The zero-order chi connectivity index (χ0) is 43.2. The van der Waals surface area contributed by atoms with Gasteiger partial charge in [-0.15, -0.1) is 0 Å². The molecule has 0 aromatic heterocycles. The zero-order valence-corrected chi connectivity index (χ0v) is 36.7. The summed E-state index contributed by atoms with van der Waals surface area (Å²) >= 11 is 0. The third kappa shape index (κ3) is 6.01. The van der Waals surface area contributed by atoms with Gasteiger partial charge in [0.2, 0.25) is 0 Å². The molecule has 0 atom stereocenters. The molecule has 0 heterocycles. The highest BCUT2D eigenvalue weighted by Gasteiger charge is 2.37. The van der Waals surface area contributed by atoms with Crippen LogP contribution in [0.1, 0.15) is 49.9 Å². The average molecular weight is 821 g/mol. The summed E-state index contributed by atoms with van der Waals surface area (Å²) in [6.07, 6.45) is 0. The van der Waals surface area contributed by atoms with Crippen molar-refractivity contribution in [2.24, 2.45) is 0 Å². The van der Waals surface area contributed by atoms with Crippen molar-refractivity contribution in [3.8, 4) is 33.4 Å². The van der Waals surface area contributed by atoms with Crippen LogP contribution < -0.4 is 9.80 Å². The molecule has 12 rings (SSSR count). The molecule has 2 aliphatic rings. The lowest BCUT2D eigenvalue weighted by Gasteiger charge is -2.28. The molecule has 0 N–H and O–H groups in total. The summed E-state index contributed by atoms with van der Waals surface area (Å²) in [7, 11) is 0. The molecular formula is C62H48N2. The van der Waals surface area contributed by atoms with Crippen molar-refractivity contribution in [2.45, 2.75) is 38.5 Å². The summed E-state index contributed by atoms with van der Waals surface area (Å²) in [5, 5.41) is 4.85. The van der Waals surface area contributed by atoms with Crippen LogP contribution in [-0.2, 0) is 10.8 Å². The Morgan fingerprint density at radius 3 is 1.02 bits per heavy atom. The van der Waals surface area contributed by atoms with E-state index in [1.165, 1.54) is 77.2 Å². The Morgan fingerprint density at radius 1 is 0.250 bits per heavy atom. The topological polar surface area (TPSA) is 6.48 Å². The van der Waals surface area contributed by atoms with Crippen molar-refractivity contribution in [3.63, 3.8) is 0 Å². The number of nitrogens with zero attached hydrogens (tertiary/aromatic N) is 2. The lowest BCUT2D eigenvalue weighted by Crippen LogP contribution is -2.16. The van der Waals surface area contributed by atoms with Crippen molar-refractivity contribution in [1.82, 2.24) is 0 Å². The quantitative estimate of drug-likeness (QED) is 0.158. The highest BCUT2D eigenvalue weighted by molar-refractivity contribution is 5.96. The summed E-state index contributed by atoms with van der Waals surface area (Å²) in [5.41, 5.74) is 20.0. The van der Waals surface area contributed by atoms with Crippen molar-refractivity contribution in [1.29, 1.82) is 0 Å². The van der Waals surface area contributed by atoms with E-state index in [0.717, 1.165) is 34.1 Å². The predicted molar refractivity (Wildman–Crippen MR) is 271 cm³/mol. The smallest absolute Gasteiger partial charge is 0.0468 e. The second-order valence-corrected chi connectivity index (χ2v) is 18.6. The van der Waals surface area contributed by atoms with E-state index < -0.39 is 0 Å². The third-order valence-corrected chi connectivity index (χ3v) is 14.2. The van der Waals surface area contributed by atoms with Gasteiger partial charge in [0.05, 0.1) is 0 Å². The van der Waals surface area contributed by atoms with Gasteiger partial charge < -0.3 is 9.80 Å². The van der Waals surface area contributed by atoms with Gasteiger partial charge in [-0.3, -0.25) is 0 Å². The molecular weight excluding hydrogens is 773 g/mol. The number of para-hydroxylation sites is 2. The second kappa shape index (κ2) is 14.4. The van der Waals surface area contributed by atoms with E-state index in [1.54, 1.807) is 0 Å². The summed E-state index contributed by atoms with van der Waals surface area (Å²) in [6, 6.07) is 80.8. The lowest BCUT2D eigenvalue weighted by molar-refractivity contribution is 0.660. The van der Waals surface area contributed by atoms with Crippen LogP contribution >= 0.6 is 0 Å². The average Bonchev–Trinajstić information content (AvgIpc) is 3.71. The fourth-order valence-electron chi connectivity index (χ4n) is 10.8. The minimum absolute atomic E-state index is 0.0776. The molecule has 0 radical (unpaired) electrons. The molecule has 0 aliphatic heterocycles. The van der Waals surface area contributed by atoms with Gasteiger partial charge in [-0.05, 0) is 162 Å². The predicted octanol–water partition coefficient (Wildman–Crippen LogP) is 17.2. The van der Waals surface area contributed by atoms with Gasteiger partial charge in [-0.2, -0.15) is 0 Å². The number of hydrogen-bond donors (Lipinski definition) is 0. The molecule has 2 nitrogen and oxygen atoms in total. The Balaban J connectivity index is 0.874. The molecule has 0 bridgehead atoms. The lowest BCUT2D eigenvalue weighted by atomic mass is 9.82. The van der Waals surface area contributed by atoms with Crippen LogP contribution in [0.25, 0.3) is 54.9 Å². The number of benzene rings is 10. The van der Waals surface area contributed by atoms with Crippen LogP contribution in [0.15, 0.2) is 218 Å². The van der Waals surface area contributed by atoms with E-state index in [9.17, 15) is 0 Å². The molecule has 10 aromatic carbocycles. The molecule has 0 fully saturated rings. The summed E-state index contributed by atoms with van der Waals surface area (Å²) < 4.78 is 0. The first-order valence-electron chi connectivity index (χ1n) is 22.5. The first kappa shape index (κ1) is 38.0. The molecule has 0 spiro atoms. The normalized spacial score (nSPS) is 13.9. The maximum absolute atomic E-state index is 2.41. The summed E-state index contributed by atoms with van der Waals surface area (Å²) in [4.78, 5) is 4.79. The van der Waals surface area contributed by atoms with E-state index in [1.807, 2.05) is 0 Å². The molecule has 0 unspecified atom stereocenters. The Morgan fingerprint density at radius 2 is 0.578 bits per heavy atom. The third-order valence-electron chi connectivity index (χ3n) is 14.2. The van der Waals surface area contributed by atoms with Crippen LogP contribution in [0.2, 0.25) is 0 Å². The first-order valence-corrected chi connectivity index (χ1v) is 22.5. The number of anilines is 6. The second-order valence-electron chi connectivity index (χ2n) is 18.6. The van der Waals surface area contributed by atoms with Crippen LogP contribution in [0.3, 0.4) is 0 Å². The van der Waals surface area contributed by atoms with Gasteiger partial charge in [0.15, 0.2) is 0 Å². The van der Waals surface area contributed by atoms with E-state index in [-0.39, 0.29) is 10.8 Å².